The van der Waals surface area contributed by atoms with E-state index >= 15 is 0 Å². The van der Waals surface area contributed by atoms with E-state index in [9.17, 15) is 12.8 Å². The zero-order chi connectivity index (χ0) is 19.6. The second-order valence-electron chi connectivity index (χ2n) is 6.03. The van der Waals surface area contributed by atoms with Crippen molar-refractivity contribution in [3.05, 3.63) is 85.1 Å². The summed E-state index contributed by atoms with van der Waals surface area (Å²) in [6, 6.07) is 15.5. The Bertz CT molecular complexity index is 1220. The highest BCUT2D eigenvalue weighted by Crippen LogP contribution is 2.31. The highest BCUT2D eigenvalue weighted by atomic mass is 32.2. The van der Waals surface area contributed by atoms with Crippen LogP contribution < -0.4 is 4.72 Å². The van der Waals surface area contributed by atoms with Gasteiger partial charge in [0.1, 0.15) is 5.82 Å². The van der Waals surface area contributed by atoms with E-state index in [0.717, 1.165) is 22.8 Å². The number of H-pyrrole nitrogens is 1. The first kappa shape index (κ1) is 17.9. The Kier molecular flexibility index (Phi) is 4.62. The van der Waals surface area contributed by atoms with Crippen molar-refractivity contribution in [1.29, 1.82) is 0 Å². The Balaban J connectivity index is 1.68. The molecule has 0 atom stereocenters. The van der Waals surface area contributed by atoms with E-state index in [4.69, 9.17) is 0 Å². The van der Waals surface area contributed by atoms with Crippen molar-refractivity contribution >= 4 is 15.7 Å². The average molecular weight is 394 g/mol. The summed E-state index contributed by atoms with van der Waals surface area (Å²) in [5.74, 6) is -0.616. The molecule has 0 unspecified atom stereocenters. The Labute approximate surface area is 161 Å². The number of aromatic amines is 1. The number of nitrogens with zero attached hydrogens (tertiary/aromatic N) is 2. The second-order valence-corrected chi connectivity index (χ2v) is 7.71. The van der Waals surface area contributed by atoms with Gasteiger partial charge in [-0.1, -0.05) is 18.2 Å². The van der Waals surface area contributed by atoms with Crippen LogP contribution in [0.3, 0.4) is 0 Å². The smallest absolute Gasteiger partial charge is 0.261 e. The van der Waals surface area contributed by atoms with Crippen LogP contribution in [0.4, 0.5) is 10.1 Å². The number of pyridine rings is 1. The molecule has 0 amide bonds. The third kappa shape index (κ3) is 3.63. The molecule has 0 radical (unpaired) electrons. The van der Waals surface area contributed by atoms with E-state index in [-0.39, 0.29) is 4.90 Å². The summed E-state index contributed by atoms with van der Waals surface area (Å²) in [6.07, 6.45) is 5.15. The molecule has 0 saturated carbocycles. The summed E-state index contributed by atoms with van der Waals surface area (Å²) in [6.45, 7) is 0. The van der Waals surface area contributed by atoms with Crippen LogP contribution in [0.15, 0.2) is 84.1 Å². The summed E-state index contributed by atoms with van der Waals surface area (Å²) in [5.41, 5.74) is 3.56. The van der Waals surface area contributed by atoms with Crippen LogP contribution >= 0.6 is 0 Å². The highest BCUT2D eigenvalue weighted by Gasteiger charge is 2.16. The summed E-state index contributed by atoms with van der Waals surface area (Å²) in [7, 11) is -3.91. The number of halogens is 1. The van der Waals surface area contributed by atoms with E-state index in [0.29, 0.717) is 11.4 Å². The second kappa shape index (κ2) is 7.24. The molecule has 0 saturated heterocycles. The minimum Gasteiger partial charge on any atom is -0.284 e. The molecule has 2 aromatic heterocycles. The van der Waals surface area contributed by atoms with Crippen molar-refractivity contribution in [1.82, 2.24) is 15.2 Å². The molecule has 2 N–H and O–H groups in total. The molecule has 0 bridgehead atoms. The third-order valence-corrected chi connectivity index (χ3v) is 5.51. The first-order chi connectivity index (χ1) is 13.5. The Morgan fingerprint density at radius 1 is 0.929 bits per heavy atom. The van der Waals surface area contributed by atoms with E-state index in [1.807, 2.05) is 18.2 Å². The van der Waals surface area contributed by atoms with Crippen LogP contribution in [0.25, 0.3) is 22.4 Å². The molecule has 4 aromatic rings. The van der Waals surface area contributed by atoms with Crippen molar-refractivity contribution < 1.29 is 12.8 Å². The molecular formula is C20H15FN4O2S. The number of aromatic nitrogens is 3. The molecule has 0 aliphatic heterocycles. The fourth-order valence-corrected chi connectivity index (χ4v) is 3.92. The van der Waals surface area contributed by atoms with Crippen LogP contribution in [0.5, 0.6) is 0 Å². The van der Waals surface area contributed by atoms with Crippen LogP contribution in [0, 0.1) is 5.82 Å². The molecule has 6 nitrogen and oxygen atoms in total. The molecule has 140 valence electrons. The lowest BCUT2D eigenvalue weighted by Gasteiger charge is -2.10. The van der Waals surface area contributed by atoms with Crippen molar-refractivity contribution in [2.45, 2.75) is 4.90 Å². The van der Waals surface area contributed by atoms with Gasteiger partial charge in [0.25, 0.3) is 10.0 Å². The van der Waals surface area contributed by atoms with Gasteiger partial charge in [-0.2, -0.15) is 5.10 Å². The van der Waals surface area contributed by atoms with Gasteiger partial charge < -0.3 is 0 Å². The van der Waals surface area contributed by atoms with Gasteiger partial charge in [0.05, 0.1) is 10.6 Å². The zero-order valence-electron chi connectivity index (χ0n) is 14.5. The quantitative estimate of drug-likeness (QED) is 0.534. The van der Waals surface area contributed by atoms with Crippen molar-refractivity contribution in [3.8, 4) is 22.4 Å². The van der Waals surface area contributed by atoms with Gasteiger partial charge in [-0.15, -0.1) is 0 Å². The standard InChI is InChI=1S/C20H15FN4O2S/c21-16-4-2-6-18(12-16)28(26,27)25-17-5-1-3-15(11-17)20-19(13-23-24-20)14-7-9-22-10-8-14/h1-13,25H,(H,23,24). The molecule has 2 heterocycles. The first-order valence-corrected chi connectivity index (χ1v) is 9.84. The Morgan fingerprint density at radius 2 is 1.71 bits per heavy atom. The van der Waals surface area contributed by atoms with Gasteiger partial charge >= 0.3 is 0 Å². The number of benzene rings is 2. The lowest BCUT2D eigenvalue weighted by Crippen LogP contribution is -2.13. The fraction of sp³-hybridized carbons (Fsp3) is 0. The van der Waals surface area contributed by atoms with Gasteiger partial charge in [0.15, 0.2) is 0 Å². The number of anilines is 1. The van der Waals surface area contributed by atoms with Gasteiger partial charge in [-0.05, 0) is 48.0 Å². The predicted molar refractivity (Wildman–Crippen MR) is 104 cm³/mol. The van der Waals surface area contributed by atoms with Crippen LogP contribution in [0.2, 0.25) is 0 Å². The molecular weight excluding hydrogens is 379 g/mol. The Hall–Kier alpha value is -3.52. The van der Waals surface area contributed by atoms with Gasteiger partial charge in [-0.3, -0.25) is 14.8 Å². The van der Waals surface area contributed by atoms with E-state index in [2.05, 4.69) is 19.9 Å². The van der Waals surface area contributed by atoms with Gasteiger partial charge in [-0.25, -0.2) is 12.8 Å². The first-order valence-electron chi connectivity index (χ1n) is 8.36. The number of hydrogen-bond donors (Lipinski definition) is 2. The van der Waals surface area contributed by atoms with E-state index in [1.165, 1.54) is 18.2 Å². The number of sulfonamides is 1. The minimum atomic E-state index is -3.91. The number of nitrogens with one attached hydrogen (secondary N) is 2. The molecule has 28 heavy (non-hydrogen) atoms. The third-order valence-electron chi connectivity index (χ3n) is 4.13. The Morgan fingerprint density at radius 3 is 2.50 bits per heavy atom. The minimum absolute atomic E-state index is 0.143. The fourth-order valence-electron chi connectivity index (χ4n) is 2.84. The summed E-state index contributed by atoms with van der Waals surface area (Å²) in [4.78, 5) is 3.87. The van der Waals surface area contributed by atoms with E-state index < -0.39 is 15.8 Å². The average Bonchev–Trinajstić information content (AvgIpc) is 3.18. The zero-order valence-corrected chi connectivity index (χ0v) is 15.3. The number of rotatable bonds is 5. The molecule has 0 fully saturated rings. The number of hydrogen-bond acceptors (Lipinski definition) is 4. The maximum Gasteiger partial charge on any atom is 0.261 e. The van der Waals surface area contributed by atoms with Crippen LogP contribution in [-0.2, 0) is 10.0 Å². The lowest BCUT2D eigenvalue weighted by molar-refractivity contribution is 0.595. The molecule has 8 heteroatoms. The largest absolute Gasteiger partial charge is 0.284 e. The normalized spacial score (nSPS) is 11.3. The van der Waals surface area contributed by atoms with E-state index in [1.54, 1.807) is 36.8 Å². The summed E-state index contributed by atoms with van der Waals surface area (Å²) < 4.78 is 40.9. The predicted octanol–water partition coefficient (Wildman–Crippen LogP) is 4.08. The highest BCUT2D eigenvalue weighted by molar-refractivity contribution is 7.92. The molecule has 0 aliphatic rings. The van der Waals surface area contributed by atoms with Crippen LogP contribution in [0.1, 0.15) is 0 Å². The molecule has 0 aliphatic carbocycles. The molecule has 0 spiro atoms. The summed E-state index contributed by atoms with van der Waals surface area (Å²) in [5, 5.41) is 7.14. The summed E-state index contributed by atoms with van der Waals surface area (Å²) >= 11 is 0. The monoisotopic (exact) mass is 394 g/mol. The molecule has 2 aromatic carbocycles. The molecule has 4 rings (SSSR count). The SMILES string of the molecule is O=S(=O)(Nc1cccc(-c2n[nH]cc2-c2ccncc2)c1)c1cccc(F)c1. The van der Waals surface area contributed by atoms with Gasteiger partial charge in [0, 0.05) is 35.4 Å². The topological polar surface area (TPSA) is 87.7 Å². The van der Waals surface area contributed by atoms with Crippen molar-refractivity contribution in [3.63, 3.8) is 0 Å². The van der Waals surface area contributed by atoms with Gasteiger partial charge in [0.2, 0.25) is 0 Å². The van der Waals surface area contributed by atoms with Crippen molar-refractivity contribution in [2.75, 3.05) is 4.72 Å². The maximum atomic E-state index is 13.4. The van der Waals surface area contributed by atoms with Crippen LogP contribution in [-0.4, -0.2) is 23.6 Å². The van der Waals surface area contributed by atoms with Crippen molar-refractivity contribution in [2.24, 2.45) is 0 Å². The maximum absolute atomic E-state index is 13.4. The lowest BCUT2D eigenvalue weighted by atomic mass is 10.0.